The summed E-state index contributed by atoms with van der Waals surface area (Å²) >= 11 is 7.21. The number of nitrogens with one attached hydrogen (secondary N) is 12. The Morgan fingerprint density at radius 3 is 1.98 bits per heavy atom. The van der Waals surface area contributed by atoms with Crippen LogP contribution < -0.4 is 82.7 Å². The lowest BCUT2D eigenvalue weighted by Gasteiger charge is -2.54. The smallest absolute Gasteiger partial charge is 0.407 e. The molecule has 0 spiro atoms. The lowest BCUT2D eigenvalue weighted by Crippen LogP contribution is -2.65. The Bertz CT molecular complexity index is 4870. The molecule has 2 saturated heterocycles. The maximum Gasteiger partial charge on any atom is 0.407 e. The standard InChI is InChI=1S/C81H91ClN12O23/c1-33(2)18-49(84-5)72(103)93-64-66(99)38-7-14-53(34(3)19-38)113-55-27-42-28-56(70(55)116-79-69(102)68(101)71-57(115-79)32-85-81(111)117-71)114-54-15-8-39(26-48(54)82)67(100)65-78(109)92-63(76(107)89-60-40-21-35-20-36(23-40)24-41(60)22-35)47-29-44(95)30-52(97)59(47)46-25-37(6-13-51(46)96)61(74(105)94-65)91-75(106)62(42)90-73(104)50(87-77(64)108)31-58(98)88-80(110)86-43-9-11-45(12-10-43)112-17-16-83-4/h6-15,19,25-30,33,35-36,40-41,49-50,57,60-69,71,79,83-84,95-97,99-102H,16-18,20-24,31-32H2,1-5H3,(H,85,111)(H,87,108)(H,89,107)(H,90,104)(H,91,106)(H,92,109)(H,93,103)(H,94,105)(H2,86,88,98,110)/t35?,36?,40?,41?,49-,50+,57-,60?,61-,62-,63+,64-,65+,66-,67-,68-,69-,71-,79+/m1/s1. The van der Waals surface area contributed by atoms with Gasteiger partial charge in [-0.2, -0.15) is 0 Å². The van der Waals surface area contributed by atoms with Crippen molar-refractivity contribution in [2.24, 2.45) is 29.6 Å². The number of imide groups is 1. The molecule has 0 aromatic heterocycles. The molecule has 19 N–H and O–H groups in total. The second-order valence-corrected chi connectivity index (χ2v) is 31.6. The summed E-state index contributed by atoms with van der Waals surface area (Å²) in [5.74, 6) is -12.3. The summed E-state index contributed by atoms with van der Waals surface area (Å²) in [4.78, 5) is 150. The zero-order chi connectivity index (χ0) is 83.1. The van der Waals surface area contributed by atoms with Gasteiger partial charge in [0.2, 0.25) is 59.3 Å². The number of aliphatic hydroxyl groups excluding tert-OH is 4. The van der Waals surface area contributed by atoms with Crippen LogP contribution in [0.3, 0.4) is 0 Å². The van der Waals surface area contributed by atoms with Crippen molar-refractivity contribution < 1.29 is 112 Å². The number of amides is 11. The number of aliphatic hydroxyl groups is 4. The number of hydrogen-bond donors (Lipinski definition) is 19. The molecule has 620 valence electrons. The van der Waals surface area contributed by atoms with Crippen molar-refractivity contribution in [1.29, 1.82) is 0 Å². The summed E-state index contributed by atoms with van der Waals surface area (Å²) in [5, 5.41) is 116. The molecule has 4 aliphatic carbocycles. The molecule has 35 nitrogen and oxygen atoms in total. The molecule has 14 atom stereocenters. The van der Waals surface area contributed by atoms with Crippen molar-refractivity contribution in [1.82, 2.24) is 58.5 Å². The number of benzene rings is 6. The normalized spacial score (nSPS) is 28.0. The van der Waals surface area contributed by atoms with E-state index in [0.717, 1.165) is 80.6 Å². The first kappa shape index (κ1) is 82.0. The van der Waals surface area contributed by atoms with Crippen LogP contribution in [0.15, 0.2) is 103 Å². The molecule has 7 heterocycles. The second-order valence-electron chi connectivity index (χ2n) is 31.2. The van der Waals surface area contributed by atoms with E-state index in [9.17, 15) is 54.9 Å². The molecular weight excluding hydrogens is 1540 g/mol. The molecule has 36 heteroatoms. The number of aryl methyl sites for hydroxylation is 1. The number of fused-ring (bicyclic) bond motifs is 16. The molecule has 15 bridgehead atoms. The van der Waals surface area contributed by atoms with E-state index in [0.29, 0.717) is 30.7 Å². The number of alkyl carbamates (subject to hydrolysis) is 1. The average molecular weight is 1640 g/mol. The fraction of sp³-hybridized carbons (Fsp3) is 0.432. The van der Waals surface area contributed by atoms with Crippen molar-refractivity contribution in [3.63, 3.8) is 0 Å². The maximum atomic E-state index is 16.5. The quantitative estimate of drug-likeness (QED) is 0.0615. The van der Waals surface area contributed by atoms with Gasteiger partial charge in [0.05, 0.1) is 24.0 Å². The van der Waals surface area contributed by atoms with Gasteiger partial charge < -0.3 is 123 Å². The number of phenolic OH excluding ortho intramolecular Hbond substituents is 3. The monoisotopic (exact) mass is 1630 g/mol. The fourth-order valence-electron chi connectivity index (χ4n) is 17.1. The largest absolute Gasteiger partial charge is 0.508 e. The van der Waals surface area contributed by atoms with Gasteiger partial charge in [0.15, 0.2) is 17.6 Å². The molecular formula is C81H91ClN12O23. The van der Waals surface area contributed by atoms with Gasteiger partial charge in [-0.15, -0.1) is 0 Å². The second kappa shape index (κ2) is 34.3. The highest BCUT2D eigenvalue weighted by Crippen LogP contribution is 2.55. The van der Waals surface area contributed by atoms with Crippen LogP contribution in [-0.4, -0.2) is 190 Å². The molecule has 7 aliphatic heterocycles. The first-order valence-electron chi connectivity index (χ1n) is 38.6. The third-order valence-corrected chi connectivity index (χ3v) is 22.9. The van der Waals surface area contributed by atoms with Crippen LogP contribution in [0.4, 0.5) is 15.3 Å². The van der Waals surface area contributed by atoms with Gasteiger partial charge in [0, 0.05) is 35.5 Å². The molecule has 4 saturated carbocycles. The maximum absolute atomic E-state index is 16.5. The van der Waals surface area contributed by atoms with Gasteiger partial charge >= 0.3 is 12.1 Å². The Balaban J connectivity index is 0.936. The number of carbonyl (C=O) groups excluding carboxylic acids is 10. The molecule has 6 fully saturated rings. The predicted octanol–water partition coefficient (Wildman–Crippen LogP) is 3.60. The summed E-state index contributed by atoms with van der Waals surface area (Å²) in [6, 6.07) is 5.82. The molecule has 6 aromatic rings. The Labute approximate surface area is 674 Å². The topological polar surface area (TPSA) is 512 Å². The first-order valence-corrected chi connectivity index (χ1v) is 38.9. The van der Waals surface area contributed by atoms with Crippen LogP contribution in [0, 0.1) is 36.5 Å². The average Bonchev–Trinajstić information content (AvgIpc) is 0.761. The summed E-state index contributed by atoms with van der Waals surface area (Å²) in [6.45, 7) is 5.74. The van der Waals surface area contributed by atoms with Crippen LogP contribution in [0.1, 0.15) is 123 Å². The zero-order valence-corrected chi connectivity index (χ0v) is 64.7. The Hall–Kier alpha value is -11.6. The van der Waals surface area contributed by atoms with Crippen molar-refractivity contribution >= 4 is 76.7 Å². The Morgan fingerprint density at radius 1 is 0.650 bits per heavy atom. The third kappa shape index (κ3) is 17.6. The van der Waals surface area contributed by atoms with Gasteiger partial charge in [0.1, 0.15) is 108 Å². The van der Waals surface area contributed by atoms with Gasteiger partial charge in [0.25, 0.3) is 0 Å². The summed E-state index contributed by atoms with van der Waals surface area (Å²) in [7, 11) is 3.24. The van der Waals surface area contributed by atoms with Crippen LogP contribution >= 0.6 is 11.6 Å². The number of hydrogen-bond acceptors (Lipinski definition) is 25. The van der Waals surface area contributed by atoms with E-state index in [1.165, 1.54) is 56.4 Å². The number of phenols is 3. The number of anilines is 1. The van der Waals surface area contributed by atoms with E-state index < -0.39 is 191 Å². The fourth-order valence-corrected chi connectivity index (χ4v) is 17.3. The number of carbonyl (C=O) groups is 10. The van der Waals surface area contributed by atoms with E-state index in [2.05, 4.69) is 63.8 Å². The van der Waals surface area contributed by atoms with Crippen molar-refractivity contribution in [2.75, 3.05) is 39.1 Å². The highest BCUT2D eigenvalue weighted by Gasteiger charge is 2.53. The minimum absolute atomic E-state index is 0.0421. The van der Waals surface area contributed by atoms with Crippen LogP contribution in [0.5, 0.6) is 51.7 Å². The molecule has 11 aliphatic rings. The lowest BCUT2D eigenvalue weighted by atomic mass is 9.54. The molecule has 6 aromatic carbocycles. The molecule has 11 amide bonds. The van der Waals surface area contributed by atoms with Crippen LogP contribution in [-0.2, 0) is 47.8 Å². The number of aromatic hydroxyl groups is 3. The number of halogens is 1. The summed E-state index contributed by atoms with van der Waals surface area (Å²) < 4.78 is 37.3. The number of urea groups is 1. The predicted molar refractivity (Wildman–Crippen MR) is 413 cm³/mol. The van der Waals surface area contributed by atoms with Gasteiger partial charge in [-0.05, 0) is 201 Å². The number of rotatable bonds is 16. The minimum Gasteiger partial charge on any atom is -0.508 e. The molecule has 17 rings (SSSR count). The van der Waals surface area contributed by atoms with Crippen LogP contribution in [0.25, 0.3) is 11.1 Å². The number of likely N-dealkylation sites (N-methyl/N-ethyl adjacent to an activating group) is 2. The zero-order valence-electron chi connectivity index (χ0n) is 64.0. The Morgan fingerprint density at radius 2 is 1.31 bits per heavy atom. The summed E-state index contributed by atoms with van der Waals surface area (Å²) in [6.07, 6.45) is -10.2. The highest BCUT2D eigenvalue weighted by atomic mass is 35.5. The van der Waals surface area contributed by atoms with Crippen molar-refractivity contribution in [3.05, 3.63) is 142 Å². The van der Waals surface area contributed by atoms with Gasteiger partial charge in [-0.1, -0.05) is 43.6 Å². The molecule has 0 unspecified atom stereocenters. The lowest BCUT2D eigenvalue weighted by molar-refractivity contribution is -0.275. The SMILES string of the molecule is CNCCOc1ccc(NC(=O)NC(=O)C[C@@H]2NC(=O)[C@H](NC(=O)[C@@H](CC(C)C)NC)[C@H](O)c3ccc(c(C)c3)Oc3cc4cc(c3O[C@@H]3O[C@@H]5CNC(=O)O[C@H]5[C@H](O)[C@H]3O)Oc3ccc(cc3Cl)[C@@H](O)[C@@H]3NC(=O)[C@H](NC(=O)[C@@H]4NC2=O)c2ccc(O)c(c2)-c2c(O)cc(O)cc2[C@@H](C(=O)NC2C4CC5CC(C4)CC2C5)NC3=O)cc1. The molecule has 0 radical (unpaired) electrons. The minimum atomic E-state index is -2.35. The van der Waals surface area contributed by atoms with E-state index in [-0.39, 0.29) is 97.9 Å². The van der Waals surface area contributed by atoms with Gasteiger partial charge in [-0.3, -0.25) is 43.7 Å². The van der Waals surface area contributed by atoms with Crippen LogP contribution in [0.2, 0.25) is 5.02 Å². The van der Waals surface area contributed by atoms with E-state index in [1.54, 1.807) is 19.2 Å². The number of ether oxygens (including phenoxy) is 6. The van der Waals surface area contributed by atoms with E-state index in [4.69, 9.17) is 40.0 Å². The highest BCUT2D eigenvalue weighted by molar-refractivity contribution is 6.32. The molecule has 117 heavy (non-hydrogen) atoms. The van der Waals surface area contributed by atoms with E-state index in [1.807, 2.05) is 13.8 Å². The van der Waals surface area contributed by atoms with Crippen molar-refractivity contribution in [3.8, 4) is 62.9 Å². The summed E-state index contributed by atoms with van der Waals surface area (Å²) in [5.41, 5.74) is -1.59. The Kier molecular flexibility index (Phi) is 24.0. The first-order chi connectivity index (χ1) is 55.9. The van der Waals surface area contributed by atoms with Gasteiger partial charge in [-0.25, -0.2) is 9.59 Å². The van der Waals surface area contributed by atoms with E-state index >= 15 is 28.8 Å². The third-order valence-electron chi connectivity index (χ3n) is 22.6. The van der Waals surface area contributed by atoms with Crippen molar-refractivity contribution in [2.45, 2.75) is 157 Å².